The third kappa shape index (κ3) is 4.24. The molecule has 1 saturated carbocycles. The second kappa shape index (κ2) is 8.24. The van der Waals surface area contributed by atoms with Gasteiger partial charge in [-0.3, -0.25) is 14.6 Å². The van der Waals surface area contributed by atoms with Crippen molar-refractivity contribution in [2.24, 2.45) is 10.9 Å². The number of alkyl halides is 3. The minimum absolute atomic E-state index is 0.0938. The molecule has 1 atom stereocenters. The third-order valence-corrected chi connectivity index (χ3v) is 6.14. The molecule has 32 heavy (non-hydrogen) atoms. The Morgan fingerprint density at radius 1 is 1.22 bits per heavy atom. The summed E-state index contributed by atoms with van der Waals surface area (Å²) in [6, 6.07) is 6.80. The maximum Gasteiger partial charge on any atom is 0.418 e. The largest absolute Gasteiger partial charge is 0.418 e. The molecule has 1 aliphatic carbocycles. The molecule has 1 aliphatic heterocycles. The van der Waals surface area contributed by atoms with Crippen LogP contribution in [0.5, 0.6) is 0 Å². The highest BCUT2D eigenvalue weighted by Crippen LogP contribution is 2.40. The molecular weight excluding hydrogens is 443 g/mol. The maximum absolute atomic E-state index is 13.4. The Morgan fingerprint density at radius 3 is 2.66 bits per heavy atom. The van der Waals surface area contributed by atoms with E-state index in [9.17, 15) is 22.8 Å². The number of nitrogens with one attached hydrogen (secondary N) is 1. The number of aryl methyl sites for hydroxylation is 2. The van der Waals surface area contributed by atoms with Crippen LogP contribution in [-0.4, -0.2) is 24.1 Å². The molecular formula is C23H21ClF3N3O2. The van der Waals surface area contributed by atoms with Crippen LogP contribution in [0.1, 0.15) is 36.0 Å². The molecule has 1 fully saturated rings. The molecule has 4 rings (SSSR count). The minimum atomic E-state index is -4.69. The zero-order valence-corrected chi connectivity index (χ0v) is 18.3. The van der Waals surface area contributed by atoms with Crippen LogP contribution >= 0.6 is 11.6 Å². The molecule has 2 aromatic rings. The molecule has 0 spiro atoms. The van der Waals surface area contributed by atoms with Gasteiger partial charge in [0.25, 0.3) is 0 Å². The van der Waals surface area contributed by atoms with Gasteiger partial charge < -0.3 is 10.2 Å². The lowest BCUT2D eigenvalue weighted by Gasteiger charge is -2.25. The first kappa shape index (κ1) is 22.3. The van der Waals surface area contributed by atoms with E-state index in [4.69, 9.17) is 16.6 Å². The van der Waals surface area contributed by atoms with Crippen LogP contribution in [0, 0.1) is 19.8 Å². The summed E-state index contributed by atoms with van der Waals surface area (Å²) in [5, 5.41) is 2.21. The first-order valence-corrected chi connectivity index (χ1v) is 10.6. The minimum Gasteiger partial charge on any atom is -0.324 e. The van der Waals surface area contributed by atoms with Gasteiger partial charge in [-0.15, -0.1) is 0 Å². The van der Waals surface area contributed by atoms with Gasteiger partial charge in [0.1, 0.15) is 6.54 Å². The Morgan fingerprint density at radius 2 is 1.94 bits per heavy atom. The highest BCUT2D eigenvalue weighted by molar-refractivity contribution is 6.30. The number of halogens is 4. The van der Waals surface area contributed by atoms with Gasteiger partial charge in [-0.25, -0.2) is 0 Å². The predicted molar refractivity (Wildman–Crippen MR) is 118 cm³/mol. The van der Waals surface area contributed by atoms with E-state index in [1.165, 1.54) is 11.0 Å². The number of rotatable bonds is 3. The number of hydrogen-bond acceptors (Lipinski definition) is 3. The summed E-state index contributed by atoms with van der Waals surface area (Å²) in [6.07, 6.45) is -2.52. The van der Waals surface area contributed by atoms with Gasteiger partial charge in [-0.2, -0.15) is 13.2 Å². The average molecular weight is 464 g/mol. The highest BCUT2D eigenvalue weighted by atomic mass is 35.5. The van der Waals surface area contributed by atoms with Crippen molar-refractivity contribution in [3.8, 4) is 0 Å². The van der Waals surface area contributed by atoms with E-state index in [-0.39, 0.29) is 10.9 Å². The first-order valence-electron chi connectivity index (χ1n) is 10.2. The molecule has 0 radical (unpaired) electrons. The monoisotopic (exact) mass is 463 g/mol. The number of hydrogen-bond donors (Lipinski definition) is 1. The highest BCUT2D eigenvalue weighted by Gasteiger charge is 2.38. The van der Waals surface area contributed by atoms with E-state index >= 15 is 0 Å². The third-order valence-electron chi connectivity index (χ3n) is 5.90. The standard InChI is InChI=1S/C23H21ClF3N3O2/c1-12-8-19-20(9-13(12)2)30(22(32)15-4-3-5-17(15)28-19)11-21(31)29-18-7-6-14(24)10-16(18)23(25,26)27/h6-10,15H,3-5,11H2,1-2H3,(H,29,31)/t15-/m0/s1. The molecule has 0 bridgehead atoms. The number of carbonyl (C=O) groups is 2. The fourth-order valence-corrected chi connectivity index (χ4v) is 4.31. The Labute approximate surface area is 188 Å². The molecule has 2 aliphatic rings. The van der Waals surface area contributed by atoms with Gasteiger partial charge >= 0.3 is 6.18 Å². The second-order valence-corrected chi connectivity index (χ2v) is 8.57. The summed E-state index contributed by atoms with van der Waals surface area (Å²) < 4.78 is 40.2. The molecule has 5 nitrogen and oxygen atoms in total. The lowest BCUT2D eigenvalue weighted by atomic mass is 10.0. The van der Waals surface area contributed by atoms with Gasteiger partial charge in [-0.1, -0.05) is 11.6 Å². The zero-order chi connectivity index (χ0) is 23.2. The van der Waals surface area contributed by atoms with E-state index in [0.29, 0.717) is 24.2 Å². The van der Waals surface area contributed by atoms with Crippen LogP contribution < -0.4 is 10.2 Å². The van der Waals surface area contributed by atoms with Gasteiger partial charge in [-0.05, 0) is 74.6 Å². The topological polar surface area (TPSA) is 61.8 Å². The van der Waals surface area contributed by atoms with Crippen LogP contribution in [0.2, 0.25) is 5.02 Å². The molecule has 1 N–H and O–H groups in total. The summed E-state index contributed by atoms with van der Waals surface area (Å²) in [7, 11) is 0. The fraction of sp³-hybridized carbons (Fsp3) is 0.348. The number of nitrogens with zero attached hydrogens (tertiary/aromatic N) is 2. The van der Waals surface area contributed by atoms with E-state index in [1.54, 1.807) is 6.07 Å². The molecule has 0 unspecified atom stereocenters. The summed E-state index contributed by atoms with van der Waals surface area (Å²) in [5.74, 6) is -1.42. The summed E-state index contributed by atoms with van der Waals surface area (Å²) in [4.78, 5) is 32.2. The Bertz CT molecular complexity index is 1140. The Kier molecular flexibility index (Phi) is 5.75. The van der Waals surface area contributed by atoms with Crippen LogP contribution in [-0.2, 0) is 15.8 Å². The molecule has 9 heteroatoms. The smallest absolute Gasteiger partial charge is 0.324 e. The quantitative estimate of drug-likeness (QED) is 0.622. The number of carbonyl (C=O) groups excluding carboxylic acids is 2. The van der Waals surface area contributed by atoms with Gasteiger partial charge in [0, 0.05) is 10.7 Å². The van der Waals surface area contributed by atoms with Crippen molar-refractivity contribution < 1.29 is 22.8 Å². The van der Waals surface area contributed by atoms with Crippen molar-refractivity contribution in [2.75, 3.05) is 16.8 Å². The van der Waals surface area contributed by atoms with Crippen molar-refractivity contribution in [3.63, 3.8) is 0 Å². The average Bonchev–Trinajstić information content (AvgIpc) is 3.13. The maximum atomic E-state index is 13.4. The SMILES string of the molecule is Cc1cc2c(cc1C)N(CC(=O)Nc1ccc(Cl)cc1C(F)(F)F)C(=O)[C@H]1CCCC1=N2. The predicted octanol–water partition coefficient (Wildman–Crippen LogP) is 5.83. The van der Waals surface area contributed by atoms with Gasteiger partial charge in [0.15, 0.2) is 0 Å². The number of amides is 2. The van der Waals surface area contributed by atoms with E-state index in [2.05, 4.69) is 5.32 Å². The molecule has 1 heterocycles. The van der Waals surface area contributed by atoms with Crippen molar-refractivity contribution in [3.05, 3.63) is 52.0 Å². The van der Waals surface area contributed by atoms with Gasteiger partial charge in [0.05, 0.1) is 28.5 Å². The first-order chi connectivity index (χ1) is 15.0. The lowest BCUT2D eigenvalue weighted by molar-refractivity contribution is -0.137. The van der Waals surface area contributed by atoms with E-state index < -0.39 is 35.8 Å². The summed E-state index contributed by atoms with van der Waals surface area (Å²) >= 11 is 5.71. The van der Waals surface area contributed by atoms with E-state index in [0.717, 1.165) is 35.4 Å². The van der Waals surface area contributed by atoms with Crippen molar-refractivity contribution >= 4 is 46.2 Å². The lowest BCUT2D eigenvalue weighted by Crippen LogP contribution is -2.42. The van der Waals surface area contributed by atoms with Crippen molar-refractivity contribution in [1.82, 2.24) is 0 Å². The molecule has 2 aromatic carbocycles. The molecule has 0 saturated heterocycles. The zero-order valence-electron chi connectivity index (χ0n) is 17.5. The molecule has 0 aromatic heterocycles. The number of aliphatic imine (C=N–C) groups is 1. The fourth-order valence-electron chi connectivity index (χ4n) is 4.14. The summed E-state index contributed by atoms with van der Waals surface area (Å²) in [6.45, 7) is 3.40. The molecule has 168 valence electrons. The Balaban J connectivity index is 1.67. The van der Waals surface area contributed by atoms with E-state index in [1.807, 2.05) is 19.9 Å². The van der Waals surface area contributed by atoms with Crippen LogP contribution in [0.4, 0.5) is 30.2 Å². The van der Waals surface area contributed by atoms with Crippen LogP contribution in [0.3, 0.4) is 0 Å². The van der Waals surface area contributed by atoms with Crippen molar-refractivity contribution in [1.29, 1.82) is 0 Å². The van der Waals surface area contributed by atoms with Crippen LogP contribution in [0.25, 0.3) is 0 Å². The van der Waals surface area contributed by atoms with Crippen molar-refractivity contribution in [2.45, 2.75) is 39.3 Å². The van der Waals surface area contributed by atoms with Gasteiger partial charge in [0.2, 0.25) is 11.8 Å². The second-order valence-electron chi connectivity index (χ2n) is 8.13. The number of anilines is 2. The Hall–Kier alpha value is -2.87. The number of benzene rings is 2. The van der Waals surface area contributed by atoms with Crippen LogP contribution in [0.15, 0.2) is 35.3 Å². The molecule has 2 amide bonds. The number of fused-ring (bicyclic) bond motifs is 2. The normalized spacial score (nSPS) is 18.1. The summed E-state index contributed by atoms with van der Waals surface area (Å²) in [5.41, 5.74) is 2.34.